The Bertz CT molecular complexity index is 1010. The van der Waals surface area contributed by atoms with Gasteiger partial charge < -0.3 is 23.7 Å². The SMILES string of the molecule is O=C(Oc1ccc(-c2ccc(OCC3CO3)cc2)cc1)C1CCC(C2CCC(OCC3CO3)CC2)CC1. The van der Waals surface area contributed by atoms with E-state index >= 15 is 0 Å². The Morgan fingerprint density at radius 2 is 1.19 bits per heavy atom. The summed E-state index contributed by atoms with van der Waals surface area (Å²) in [7, 11) is 0. The van der Waals surface area contributed by atoms with Crippen LogP contribution < -0.4 is 9.47 Å². The van der Waals surface area contributed by atoms with Gasteiger partial charge in [-0.05, 0) is 98.6 Å². The second-order valence-electron chi connectivity index (χ2n) is 11.2. The summed E-state index contributed by atoms with van der Waals surface area (Å²) >= 11 is 0. The molecule has 198 valence electrons. The van der Waals surface area contributed by atoms with Gasteiger partial charge in [0.25, 0.3) is 0 Å². The largest absolute Gasteiger partial charge is 0.491 e. The molecule has 2 aromatic carbocycles. The average Bonchev–Trinajstić information content (AvgIpc) is 3.88. The van der Waals surface area contributed by atoms with E-state index < -0.39 is 0 Å². The van der Waals surface area contributed by atoms with E-state index in [4.69, 9.17) is 23.7 Å². The summed E-state index contributed by atoms with van der Waals surface area (Å²) in [4.78, 5) is 12.9. The van der Waals surface area contributed by atoms with Gasteiger partial charge in [0.1, 0.15) is 30.3 Å². The summed E-state index contributed by atoms with van der Waals surface area (Å²) in [5.41, 5.74) is 2.18. The monoisotopic (exact) mass is 506 g/mol. The number of esters is 1. The van der Waals surface area contributed by atoms with E-state index in [9.17, 15) is 4.79 Å². The van der Waals surface area contributed by atoms with Crippen LogP contribution in [0.4, 0.5) is 0 Å². The number of carbonyl (C=O) groups is 1. The number of carbonyl (C=O) groups excluding carboxylic acids is 1. The van der Waals surface area contributed by atoms with E-state index in [-0.39, 0.29) is 18.0 Å². The molecule has 2 heterocycles. The van der Waals surface area contributed by atoms with Crippen molar-refractivity contribution in [1.29, 1.82) is 0 Å². The maximum Gasteiger partial charge on any atom is 0.314 e. The van der Waals surface area contributed by atoms with E-state index in [1.807, 2.05) is 48.5 Å². The van der Waals surface area contributed by atoms with Gasteiger partial charge in [-0.3, -0.25) is 4.79 Å². The first-order valence-electron chi connectivity index (χ1n) is 14.1. The average molecular weight is 507 g/mol. The number of epoxide rings is 2. The van der Waals surface area contributed by atoms with Crippen molar-refractivity contribution in [1.82, 2.24) is 0 Å². The zero-order valence-corrected chi connectivity index (χ0v) is 21.5. The minimum atomic E-state index is -0.0771. The minimum Gasteiger partial charge on any atom is -0.491 e. The smallest absolute Gasteiger partial charge is 0.314 e. The van der Waals surface area contributed by atoms with Crippen molar-refractivity contribution >= 4 is 5.97 Å². The summed E-state index contributed by atoms with van der Waals surface area (Å²) in [5.74, 6) is 2.94. The molecule has 2 aliphatic carbocycles. The second-order valence-corrected chi connectivity index (χ2v) is 11.2. The Morgan fingerprint density at radius 3 is 1.76 bits per heavy atom. The van der Waals surface area contributed by atoms with Crippen molar-refractivity contribution in [3.8, 4) is 22.6 Å². The molecular formula is C31H38O6. The summed E-state index contributed by atoms with van der Waals surface area (Å²) < 4.78 is 27.9. The molecule has 4 fully saturated rings. The van der Waals surface area contributed by atoms with Crippen LogP contribution in [0.2, 0.25) is 0 Å². The molecule has 4 aliphatic rings. The van der Waals surface area contributed by atoms with Crippen molar-refractivity contribution < 1.29 is 28.5 Å². The number of rotatable bonds is 10. The van der Waals surface area contributed by atoms with E-state index in [0.29, 0.717) is 24.6 Å². The fourth-order valence-electron chi connectivity index (χ4n) is 5.97. The molecule has 2 saturated heterocycles. The normalized spacial score (nSPS) is 30.9. The molecule has 6 nitrogen and oxygen atoms in total. The van der Waals surface area contributed by atoms with E-state index in [1.54, 1.807) is 0 Å². The quantitative estimate of drug-likeness (QED) is 0.230. The Hall–Kier alpha value is -2.41. The minimum absolute atomic E-state index is 0.0164. The zero-order valence-electron chi connectivity index (χ0n) is 21.5. The molecule has 0 radical (unpaired) electrons. The van der Waals surface area contributed by atoms with Crippen LogP contribution in [0.25, 0.3) is 11.1 Å². The molecule has 2 aliphatic heterocycles. The highest BCUT2D eigenvalue weighted by Crippen LogP contribution is 2.41. The third-order valence-corrected chi connectivity index (χ3v) is 8.51. The van der Waals surface area contributed by atoms with Gasteiger partial charge >= 0.3 is 5.97 Å². The van der Waals surface area contributed by atoms with Crippen molar-refractivity contribution in [2.24, 2.45) is 17.8 Å². The van der Waals surface area contributed by atoms with Gasteiger partial charge in [0.05, 0.1) is 31.8 Å². The molecule has 0 spiro atoms. The van der Waals surface area contributed by atoms with E-state index in [2.05, 4.69) is 0 Å². The predicted molar refractivity (Wildman–Crippen MR) is 140 cm³/mol. The maximum absolute atomic E-state index is 12.9. The molecule has 2 unspecified atom stereocenters. The summed E-state index contributed by atoms with van der Waals surface area (Å²) in [6, 6.07) is 15.8. The first kappa shape index (κ1) is 24.9. The Kier molecular flexibility index (Phi) is 7.77. The van der Waals surface area contributed by atoms with Crippen LogP contribution >= 0.6 is 0 Å². The van der Waals surface area contributed by atoms with Gasteiger partial charge in [-0.25, -0.2) is 0 Å². The number of ether oxygens (including phenoxy) is 5. The van der Waals surface area contributed by atoms with Crippen molar-refractivity contribution in [3.63, 3.8) is 0 Å². The lowest BCUT2D eigenvalue weighted by Crippen LogP contribution is -2.31. The molecular weight excluding hydrogens is 468 g/mol. The van der Waals surface area contributed by atoms with Crippen LogP contribution in [-0.4, -0.2) is 50.7 Å². The van der Waals surface area contributed by atoms with Crippen LogP contribution in [0.1, 0.15) is 51.4 Å². The fraction of sp³-hybridized carbons (Fsp3) is 0.581. The molecule has 37 heavy (non-hydrogen) atoms. The number of hydrogen-bond acceptors (Lipinski definition) is 6. The lowest BCUT2D eigenvalue weighted by Gasteiger charge is -2.37. The first-order chi connectivity index (χ1) is 18.2. The van der Waals surface area contributed by atoms with Crippen molar-refractivity contribution in [2.45, 2.75) is 69.7 Å². The highest BCUT2D eigenvalue weighted by Gasteiger charge is 2.34. The second kappa shape index (κ2) is 11.5. The first-order valence-corrected chi connectivity index (χ1v) is 14.1. The standard InChI is InChI=1S/C31H38O6/c32-31(25-3-1-21(2-4-25)22-5-11-26(12-6-22)33-17-29-19-35-29)37-28-15-9-24(10-16-28)23-7-13-27(14-8-23)34-18-30-20-36-30/h7-10,13-16,21-22,25-26,29-30H,1-6,11-12,17-20H2. The van der Waals surface area contributed by atoms with Crippen LogP contribution in [0.5, 0.6) is 11.5 Å². The van der Waals surface area contributed by atoms with Gasteiger partial charge in [-0.1, -0.05) is 24.3 Å². The Morgan fingerprint density at radius 1 is 0.676 bits per heavy atom. The predicted octanol–water partition coefficient (Wildman–Crippen LogP) is 5.82. The topological polar surface area (TPSA) is 69.8 Å². The molecule has 0 N–H and O–H groups in total. The highest BCUT2D eigenvalue weighted by molar-refractivity contribution is 5.75. The van der Waals surface area contributed by atoms with Gasteiger partial charge in [0.2, 0.25) is 0 Å². The summed E-state index contributed by atoms with van der Waals surface area (Å²) in [5, 5.41) is 0. The molecule has 6 rings (SSSR count). The van der Waals surface area contributed by atoms with Crippen LogP contribution in [0.15, 0.2) is 48.5 Å². The molecule has 0 aromatic heterocycles. The van der Waals surface area contributed by atoms with Crippen molar-refractivity contribution in [2.75, 3.05) is 26.4 Å². The van der Waals surface area contributed by atoms with Gasteiger partial charge in [0.15, 0.2) is 0 Å². The third kappa shape index (κ3) is 6.92. The molecule has 0 bridgehead atoms. The van der Waals surface area contributed by atoms with Crippen molar-refractivity contribution in [3.05, 3.63) is 48.5 Å². The Balaban J connectivity index is 0.927. The van der Waals surface area contributed by atoms with Gasteiger partial charge in [-0.15, -0.1) is 0 Å². The highest BCUT2D eigenvalue weighted by atomic mass is 16.6. The Labute approximate surface area is 219 Å². The lowest BCUT2D eigenvalue weighted by atomic mass is 9.70. The number of hydrogen-bond donors (Lipinski definition) is 0. The van der Waals surface area contributed by atoms with E-state index in [1.165, 1.54) is 25.7 Å². The van der Waals surface area contributed by atoms with Crippen LogP contribution in [0.3, 0.4) is 0 Å². The fourth-order valence-corrected chi connectivity index (χ4v) is 5.97. The maximum atomic E-state index is 12.9. The molecule has 2 saturated carbocycles. The number of benzene rings is 2. The zero-order chi connectivity index (χ0) is 25.0. The lowest BCUT2D eigenvalue weighted by molar-refractivity contribution is -0.140. The van der Waals surface area contributed by atoms with Gasteiger partial charge in [-0.2, -0.15) is 0 Å². The van der Waals surface area contributed by atoms with Gasteiger partial charge in [0, 0.05) is 0 Å². The molecule has 2 atom stereocenters. The van der Waals surface area contributed by atoms with Crippen LogP contribution in [0, 0.1) is 17.8 Å². The summed E-state index contributed by atoms with van der Waals surface area (Å²) in [6.45, 7) is 3.04. The molecule has 0 amide bonds. The molecule has 2 aromatic rings. The summed E-state index contributed by atoms with van der Waals surface area (Å²) in [6.07, 6.45) is 10.0. The van der Waals surface area contributed by atoms with Crippen LogP contribution in [-0.2, 0) is 19.0 Å². The molecule has 6 heteroatoms. The van der Waals surface area contributed by atoms with E-state index in [0.717, 1.165) is 74.2 Å². The third-order valence-electron chi connectivity index (χ3n) is 8.51.